The molecule has 2 N–H and O–H groups in total. The van der Waals surface area contributed by atoms with E-state index in [4.69, 9.17) is 0 Å². The number of hydrogen-bond acceptors (Lipinski definition) is 4. The molecule has 2 unspecified atom stereocenters. The fourth-order valence-electron chi connectivity index (χ4n) is 5.72. The van der Waals surface area contributed by atoms with Gasteiger partial charge >= 0.3 is 0 Å². The molecule has 2 atom stereocenters. The molecule has 0 aliphatic carbocycles. The molecular weight excluding hydrogens is 462 g/mol. The van der Waals surface area contributed by atoms with Crippen molar-refractivity contribution in [3.05, 3.63) is 71.8 Å². The largest absolute Gasteiger partial charge is 0.508 e. The highest BCUT2D eigenvalue weighted by Crippen LogP contribution is 2.31. The Morgan fingerprint density at radius 1 is 1.00 bits per heavy atom. The fraction of sp³-hybridized carbons (Fsp3) is 0.484. The number of rotatable bonds is 8. The van der Waals surface area contributed by atoms with E-state index in [9.17, 15) is 14.7 Å². The van der Waals surface area contributed by atoms with Crippen LogP contribution in [0, 0.1) is 5.92 Å². The molecule has 6 heteroatoms. The van der Waals surface area contributed by atoms with Crippen LogP contribution in [0.2, 0.25) is 0 Å². The zero-order valence-corrected chi connectivity index (χ0v) is 22.2. The predicted molar refractivity (Wildman–Crippen MR) is 148 cm³/mol. The number of amides is 2. The number of hydrogen-bond donors (Lipinski definition) is 2. The first-order valence-corrected chi connectivity index (χ1v) is 13.8. The molecule has 2 aliphatic heterocycles. The lowest BCUT2D eigenvalue weighted by molar-refractivity contribution is -0.135. The van der Waals surface area contributed by atoms with Crippen molar-refractivity contribution >= 4 is 17.9 Å². The van der Waals surface area contributed by atoms with Gasteiger partial charge in [0.2, 0.25) is 11.8 Å². The minimum absolute atomic E-state index is 0.0660. The zero-order valence-electron chi connectivity index (χ0n) is 22.2. The summed E-state index contributed by atoms with van der Waals surface area (Å²) < 4.78 is 0. The summed E-state index contributed by atoms with van der Waals surface area (Å²) in [6.07, 6.45) is 8.15. The number of aromatic hydroxyl groups is 1. The molecule has 0 bridgehead atoms. The maximum atomic E-state index is 13.5. The number of nitrogens with one attached hydrogen (secondary N) is 1. The third-order valence-electron chi connectivity index (χ3n) is 8.10. The van der Waals surface area contributed by atoms with E-state index < -0.39 is 0 Å². The van der Waals surface area contributed by atoms with Crippen molar-refractivity contribution in [2.45, 2.75) is 64.0 Å². The second kappa shape index (κ2) is 12.9. The van der Waals surface area contributed by atoms with Crippen molar-refractivity contribution in [3.8, 4) is 5.75 Å². The molecule has 6 nitrogen and oxygen atoms in total. The average molecular weight is 504 g/mol. The van der Waals surface area contributed by atoms with E-state index in [-0.39, 0.29) is 29.5 Å². The number of nitrogens with zero attached hydrogens (tertiary/aromatic N) is 2. The van der Waals surface area contributed by atoms with Crippen LogP contribution < -0.4 is 5.32 Å². The highest BCUT2D eigenvalue weighted by atomic mass is 16.3. The highest BCUT2D eigenvalue weighted by molar-refractivity contribution is 5.92. The highest BCUT2D eigenvalue weighted by Gasteiger charge is 2.34. The van der Waals surface area contributed by atoms with E-state index in [0.29, 0.717) is 12.0 Å². The molecule has 0 radical (unpaired) electrons. The van der Waals surface area contributed by atoms with Gasteiger partial charge < -0.3 is 20.2 Å². The van der Waals surface area contributed by atoms with Crippen LogP contribution in [0.25, 0.3) is 6.08 Å². The van der Waals surface area contributed by atoms with Crippen LogP contribution >= 0.6 is 0 Å². The van der Waals surface area contributed by atoms with Gasteiger partial charge in [-0.3, -0.25) is 9.59 Å². The molecule has 0 saturated carbocycles. The second-order valence-corrected chi connectivity index (χ2v) is 10.6. The SMILES string of the molecule is CCC(C)C(C(=O)N1CCC(N2CCC(NC(=O)/C=C/c3cccc(O)c3)CC2)CC1)c1ccccc1. The first kappa shape index (κ1) is 26.9. The molecule has 4 rings (SSSR count). The summed E-state index contributed by atoms with van der Waals surface area (Å²) in [6, 6.07) is 17.8. The van der Waals surface area contributed by atoms with Crippen LogP contribution in [0.3, 0.4) is 0 Å². The van der Waals surface area contributed by atoms with Gasteiger partial charge in [-0.1, -0.05) is 62.7 Å². The van der Waals surface area contributed by atoms with E-state index in [0.717, 1.165) is 69.4 Å². The van der Waals surface area contributed by atoms with E-state index in [1.54, 1.807) is 24.3 Å². The third-order valence-corrected chi connectivity index (χ3v) is 8.10. The predicted octanol–water partition coefficient (Wildman–Crippen LogP) is 4.81. The molecule has 2 aliphatic rings. The lowest BCUT2D eigenvalue weighted by atomic mass is 9.84. The van der Waals surface area contributed by atoms with Crippen LogP contribution in [0.5, 0.6) is 5.75 Å². The van der Waals surface area contributed by atoms with Gasteiger partial charge in [0.05, 0.1) is 5.92 Å². The molecular formula is C31H41N3O3. The number of piperidine rings is 2. The molecule has 2 saturated heterocycles. The summed E-state index contributed by atoms with van der Waals surface area (Å²) in [6.45, 7) is 7.93. The number of carbonyl (C=O) groups is 2. The van der Waals surface area contributed by atoms with Gasteiger partial charge in [0, 0.05) is 44.3 Å². The molecule has 0 aromatic heterocycles. The maximum absolute atomic E-state index is 13.5. The van der Waals surface area contributed by atoms with E-state index in [1.807, 2.05) is 24.3 Å². The molecule has 37 heavy (non-hydrogen) atoms. The maximum Gasteiger partial charge on any atom is 0.244 e. The Kier molecular flexibility index (Phi) is 9.40. The van der Waals surface area contributed by atoms with Crippen molar-refractivity contribution in [1.82, 2.24) is 15.1 Å². The van der Waals surface area contributed by atoms with Crippen molar-refractivity contribution in [1.29, 1.82) is 0 Å². The molecule has 198 valence electrons. The zero-order chi connectivity index (χ0) is 26.2. The minimum atomic E-state index is -0.0945. The van der Waals surface area contributed by atoms with Crippen LogP contribution in [0.15, 0.2) is 60.7 Å². The molecule has 2 aromatic carbocycles. The lowest BCUT2D eigenvalue weighted by Crippen LogP contribution is -2.52. The molecule has 2 aromatic rings. The molecule has 0 spiro atoms. The van der Waals surface area contributed by atoms with Crippen molar-refractivity contribution in [2.24, 2.45) is 5.92 Å². The van der Waals surface area contributed by atoms with Gasteiger partial charge in [-0.25, -0.2) is 0 Å². The lowest BCUT2D eigenvalue weighted by Gasteiger charge is -2.42. The Balaban J connectivity index is 1.23. The van der Waals surface area contributed by atoms with Crippen LogP contribution in [0.4, 0.5) is 0 Å². The number of benzene rings is 2. The first-order valence-electron chi connectivity index (χ1n) is 13.8. The van der Waals surface area contributed by atoms with Crippen molar-refractivity contribution < 1.29 is 14.7 Å². The van der Waals surface area contributed by atoms with E-state index in [2.05, 4.69) is 41.1 Å². The normalized spacial score (nSPS) is 19.6. The number of carbonyl (C=O) groups excluding carboxylic acids is 2. The smallest absolute Gasteiger partial charge is 0.244 e. The molecule has 2 heterocycles. The average Bonchev–Trinajstić information content (AvgIpc) is 2.93. The second-order valence-electron chi connectivity index (χ2n) is 10.6. The fourth-order valence-corrected chi connectivity index (χ4v) is 5.72. The van der Waals surface area contributed by atoms with Crippen molar-refractivity contribution in [3.63, 3.8) is 0 Å². The monoisotopic (exact) mass is 503 g/mol. The Bertz CT molecular complexity index is 1050. The van der Waals surface area contributed by atoms with Gasteiger partial charge in [0.15, 0.2) is 0 Å². The van der Waals surface area contributed by atoms with Crippen molar-refractivity contribution in [2.75, 3.05) is 26.2 Å². The molecule has 2 amide bonds. The summed E-state index contributed by atoms with van der Waals surface area (Å²) in [5.74, 6) is 0.624. The molecule has 2 fully saturated rings. The number of phenols is 1. The summed E-state index contributed by atoms with van der Waals surface area (Å²) in [5.41, 5.74) is 1.93. The number of likely N-dealkylation sites (tertiary alicyclic amines) is 2. The van der Waals surface area contributed by atoms with Gasteiger partial charge in [-0.05, 0) is 60.9 Å². The quantitative estimate of drug-likeness (QED) is 0.507. The Morgan fingerprint density at radius 2 is 1.70 bits per heavy atom. The van der Waals surface area contributed by atoms with Crippen LogP contribution in [-0.4, -0.2) is 65.0 Å². The summed E-state index contributed by atoms with van der Waals surface area (Å²) in [7, 11) is 0. The van der Waals surface area contributed by atoms with Gasteiger partial charge in [-0.2, -0.15) is 0 Å². The summed E-state index contributed by atoms with van der Waals surface area (Å²) in [5, 5.41) is 12.7. The Labute approximate surface area is 221 Å². The summed E-state index contributed by atoms with van der Waals surface area (Å²) in [4.78, 5) is 30.6. The van der Waals surface area contributed by atoms with Crippen LogP contribution in [-0.2, 0) is 9.59 Å². The van der Waals surface area contributed by atoms with E-state index in [1.165, 1.54) is 6.08 Å². The van der Waals surface area contributed by atoms with Crippen LogP contribution in [0.1, 0.15) is 63.0 Å². The Hall–Kier alpha value is -3.12. The Morgan fingerprint density at radius 3 is 2.35 bits per heavy atom. The minimum Gasteiger partial charge on any atom is -0.508 e. The van der Waals surface area contributed by atoms with Gasteiger partial charge in [-0.15, -0.1) is 0 Å². The number of phenolic OH excluding ortho intramolecular Hbond substituents is 1. The topological polar surface area (TPSA) is 72.9 Å². The first-order chi connectivity index (χ1) is 17.9. The van der Waals surface area contributed by atoms with E-state index >= 15 is 0 Å². The standard InChI is InChI=1S/C31H41N3O3/c1-3-23(2)30(25-9-5-4-6-10-25)31(37)34-20-16-27(17-21-34)33-18-14-26(15-19-33)32-29(36)13-12-24-8-7-11-28(35)22-24/h4-13,22-23,26-27,30,35H,3,14-21H2,1-2H3,(H,32,36)/b13-12+. The van der Waals surface area contributed by atoms with Gasteiger partial charge in [0.25, 0.3) is 0 Å². The third kappa shape index (κ3) is 7.22. The van der Waals surface area contributed by atoms with Gasteiger partial charge in [0.1, 0.15) is 5.75 Å². The summed E-state index contributed by atoms with van der Waals surface area (Å²) >= 11 is 0.